The number of hydrogen-bond donors (Lipinski definition) is 0. The molecule has 5 aromatic rings. The summed E-state index contributed by atoms with van der Waals surface area (Å²) in [6.45, 7) is 0. The van der Waals surface area contributed by atoms with Crippen molar-refractivity contribution in [1.82, 2.24) is 15.0 Å². The van der Waals surface area contributed by atoms with Crippen molar-refractivity contribution in [2.75, 3.05) is 0 Å². The molecule has 0 fully saturated rings. The van der Waals surface area contributed by atoms with E-state index in [-0.39, 0.29) is 0 Å². The molecule has 0 N–H and O–H groups in total. The Balaban J connectivity index is 0.000000112. The minimum absolute atomic E-state index is 0.789. The first kappa shape index (κ1) is 15.4. The molecule has 24 heavy (non-hydrogen) atoms. The Bertz CT molecular complexity index is 865. The number of para-hydroxylation sites is 2. The number of pyridine rings is 1. The molecule has 3 aromatic heterocycles. The van der Waals surface area contributed by atoms with Gasteiger partial charge in [0.1, 0.15) is 11.8 Å². The van der Waals surface area contributed by atoms with Gasteiger partial charge < -0.3 is 8.83 Å². The van der Waals surface area contributed by atoms with Gasteiger partial charge in [0.25, 0.3) is 12.8 Å². The molecule has 5 heteroatoms. The van der Waals surface area contributed by atoms with Gasteiger partial charge in [-0.25, -0.2) is 9.97 Å². The fourth-order valence-electron chi connectivity index (χ4n) is 1.87. The molecule has 5 nitrogen and oxygen atoms in total. The maximum absolute atomic E-state index is 4.88. The van der Waals surface area contributed by atoms with Crippen LogP contribution in [0, 0.1) is 18.9 Å². The molecule has 0 aliphatic carbocycles. The van der Waals surface area contributed by atoms with Gasteiger partial charge in [0.05, 0.1) is 6.20 Å². The van der Waals surface area contributed by atoms with E-state index in [1.807, 2.05) is 54.7 Å². The van der Waals surface area contributed by atoms with Crippen LogP contribution in [0.4, 0.5) is 0 Å². The highest BCUT2D eigenvalue weighted by Gasteiger charge is 1.92. The third-order valence-electron chi connectivity index (χ3n) is 2.96. The van der Waals surface area contributed by atoms with Crippen LogP contribution < -0.4 is 0 Å². The number of nitrogens with zero attached hydrogens (tertiary/aromatic N) is 3. The Morgan fingerprint density at radius 1 is 0.917 bits per heavy atom. The fourth-order valence-corrected chi connectivity index (χ4v) is 1.87. The second-order valence-corrected chi connectivity index (χ2v) is 4.54. The number of fused-ring (bicyclic) bond motifs is 2. The van der Waals surface area contributed by atoms with Gasteiger partial charge in [0.2, 0.25) is 0 Å². The fraction of sp³-hybridized carbons (Fsp3) is 0. The molecular weight excluding hydrogens is 302 g/mol. The number of benzene rings is 2. The lowest BCUT2D eigenvalue weighted by atomic mass is 10.2. The summed E-state index contributed by atoms with van der Waals surface area (Å²) in [5, 5.41) is 2.27. The lowest BCUT2D eigenvalue weighted by molar-refractivity contribution is 0.548. The Morgan fingerprint density at radius 3 is 2.54 bits per heavy atom. The van der Waals surface area contributed by atoms with Crippen LogP contribution in [-0.2, 0) is 0 Å². The Morgan fingerprint density at radius 2 is 1.79 bits per heavy atom. The van der Waals surface area contributed by atoms with E-state index in [0.717, 1.165) is 21.9 Å². The van der Waals surface area contributed by atoms with Crippen molar-refractivity contribution in [3.05, 3.63) is 92.2 Å². The van der Waals surface area contributed by atoms with E-state index in [4.69, 9.17) is 4.42 Å². The molecule has 0 unspecified atom stereocenters. The number of aromatic nitrogens is 3. The van der Waals surface area contributed by atoms with Crippen LogP contribution in [0.5, 0.6) is 0 Å². The van der Waals surface area contributed by atoms with Crippen LogP contribution in [-0.4, -0.2) is 15.0 Å². The third kappa shape index (κ3) is 4.27. The van der Waals surface area contributed by atoms with Crippen LogP contribution in [0.15, 0.2) is 82.2 Å². The maximum Gasteiger partial charge on any atom is 0.284 e. The average Bonchev–Trinajstić information content (AvgIpc) is 3.37. The molecule has 5 rings (SSSR count). The smallest absolute Gasteiger partial charge is 0.284 e. The molecule has 0 aliphatic heterocycles. The molecule has 0 spiro atoms. The first-order valence-corrected chi connectivity index (χ1v) is 7.11. The minimum Gasteiger partial charge on any atom is -0.441 e. The SMILES string of the molecule is [c]1cncc2ccccc12.[c]1nc2ccccc2o1.[c]1ncco1. The molecule has 0 atom stereocenters. The normalized spacial score (nSPS) is 9.67. The Hall–Kier alpha value is -3.47. The van der Waals surface area contributed by atoms with Crippen LogP contribution >= 0.6 is 0 Å². The van der Waals surface area contributed by atoms with Crippen LogP contribution in [0.1, 0.15) is 0 Å². The highest BCUT2D eigenvalue weighted by molar-refractivity contribution is 5.80. The molecule has 115 valence electrons. The van der Waals surface area contributed by atoms with Crippen LogP contribution in [0.25, 0.3) is 21.9 Å². The molecule has 0 aliphatic rings. The Labute approximate surface area is 138 Å². The van der Waals surface area contributed by atoms with Gasteiger partial charge in [-0.05, 0) is 17.5 Å². The lowest BCUT2D eigenvalue weighted by Gasteiger charge is -1.91. The predicted molar refractivity (Wildman–Crippen MR) is 88.8 cm³/mol. The Kier molecular flexibility index (Phi) is 5.30. The number of rotatable bonds is 0. The highest BCUT2D eigenvalue weighted by atomic mass is 16.3. The summed E-state index contributed by atoms with van der Waals surface area (Å²) < 4.78 is 9.23. The molecule has 0 bridgehead atoms. The summed E-state index contributed by atoms with van der Waals surface area (Å²) in [5.41, 5.74) is 1.65. The first-order chi connectivity index (χ1) is 11.9. The van der Waals surface area contributed by atoms with Crippen molar-refractivity contribution >= 4 is 21.9 Å². The van der Waals surface area contributed by atoms with E-state index < -0.39 is 0 Å². The maximum atomic E-state index is 4.88. The van der Waals surface area contributed by atoms with Crippen molar-refractivity contribution in [1.29, 1.82) is 0 Å². The lowest BCUT2D eigenvalue weighted by Crippen LogP contribution is -1.72. The number of hydrogen-bond acceptors (Lipinski definition) is 5. The highest BCUT2D eigenvalue weighted by Crippen LogP contribution is 2.09. The minimum atomic E-state index is 0.789. The third-order valence-corrected chi connectivity index (χ3v) is 2.96. The van der Waals surface area contributed by atoms with Gasteiger partial charge >= 0.3 is 0 Å². The van der Waals surface area contributed by atoms with Gasteiger partial charge in [-0.15, -0.1) is 0 Å². The quantitative estimate of drug-likeness (QED) is 0.430. The van der Waals surface area contributed by atoms with Gasteiger partial charge in [-0.3, -0.25) is 4.98 Å². The van der Waals surface area contributed by atoms with E-state index in [1.54, 1.807) is 6.20 Å². The zero-order valence-corrected chi connectivity index (χ0v) is 12.6. The van der Waals surface area contributed by atoms with E-state index in [0.29, 0.717) is 0 Å². The summed E-state index contributed by atoms with van der Waals surface area (Å²) in [7, 11) is 0. The summed E-state index contributed by atoms with van der Waals surface area (Å²) in [6.07, 6.45) is 11.2. The molecule has 3 heterocycles. The largest absolute Gasteiger partial charge is 0.441 e. The van der Waals surface area contributed by atoms with Gasteiger partial charge in [-0.1, -0.05) is 36.4 Å². The molecule has 0 amide bonds. The molecule has 0 saturated heterocycles. The monoisotopic (exact) mass is 314 g/mol. The van der Waals surface area contributed by atoms with Crippen molar-refractivity contribution in [2.45, 2.75) is 0 Å². The summed E-state index contributed by atoms with van der Waals surface area (Å²) in [4.78, 5) is 11.2. The van der Waals surface area contributed by atoms with Crippen molar-refractivity contribution in [3.63, 3.8) is 0 Å². The second kappa shape index (κ2) is 8.24. The zero-order valence-electron chi connectivity index (χ0n) is 12.6. The van der Waals surface area contributed by atoms with E-state index in [9.17, 15) is 0 Å². The average molecular weight is 314 g/mol. The first-order valence-electron chi connectivity index (χ1n) is 7.11. The van der Waals surface area contributed by atoms with Crippen LogP contribution in [0.2, 0.25) is 0 Å². The van der Waals surface area contributed by atoms with Crippen LogP contribution in [0.3, 0.4) is 0 Å². The van der Waals surface area contributed by atoms with Crippen molar-refractivity contribution in [2.24, 2.45) is 0 Å². The standard InChI is InChI=1S/C9H6N.C7H4NO.C3H2NO/c1-2-4-9-7-10-6-5-8(9)3-1;1-2-4-7-6(3-1)8-5-9-7;1-2-5-3-4-1/h1-4,6-7H;1-4H;1-2H. The van der Waals surface area contributed by atoms with Gasteiger partial charge in [-0.2, -0.15) is 0 Å². The van der Waals surface area contributed by atoms with E-state index in [1.165, 1.54) is 12.5 Å². The summed E-state index contributed by atoms with van der Waals surface area (Å²) >= 11 is 0. The van der Waals surface area contributed by atoms with E-state index >= 15 is 0 Å². The molecular formula is C19H12N3O2. The molecule has 2 aromatic carbocycles. The molecule has 0 saturated carbocycles. The molecule has 3 radical (unpaired) electrons. The van der Waals surface area contributed by atoms with E-state index in [2.05, 4.69) is 38.2 Å². The summed E-state index contributed by atoms with van der Waals surface area (Å²) in [6, 6.07) is 18.7. The van der Waals surface area contributed by atoms with Gasteiger partial charge in [0, 0.05) is 23.8 Å². The number of oxazole rings is 2. The second-order valence-electron chi connectivity index (χ2n) is 4.54. The topological polar surface area (TPSA) is 65.0 Å². The van der Waals surface area contributed by atoms with Crippen molar-refractivity contribution in [3.8, 4) is 0 Å². The zero-order chi connectivity index (χ0) is 16.5. The van der Waals surface area contributed by atoms with Crippen molar-refractivity contribution < 1.29 is 8.83 Å². The summed E-state index contributed by atoms with van der Waals surface area (Å²) in [5.74, 6) is 0. The predicted octanol–water partition coefficient (Wildman–Crippen LogP) is 4.14. The van der Waals surface area contributed by atoms with Gasteiger partial charge in [0.15, 0.2) is 5.58 Å².